The van der Waals surface area contributed by atoms with Crippen LogP contribution >= 0.6 is 0 Å². The normalized spacial score (nSPS) is 26.2. The highest BCUT2D eigenvalue weighted by Crippen LogP contribution is 2.16. The molecule has 2 aliphatic rings. The molecule has 0 fully saturated rings. The Bertz CT molecular complexity index is 505. The van der Waals surface area contributed by atoms with Gasteiger partial charge in [0.05, 0.1) is 17.6 Å². The summed E-state index contributed by atoms with van der Waals surface area (Å²) >= 11 is 0. The molecule has 1 aromatic rings. The molecule has 4 heteroatoms. The van der Waals surface area contributed by atoms with Crippen LogP contribution in [-0.4, -0.2) is 24.1 Å². The Morgan fingerprint density at radius 1 is 1.25 bits per heavy atom. The van der Waals surface area contributed by atoms with Crippen molar-refractivity contribution in [2.45, 2.75) is 12.1 Å². The van der Waals surface area contributed by atoms with Crippen LogP contribution in [0.2, 0.25) is 0 Å². The molecule has 0 amide bonds. The molecule has 1 N–H and O–H groups in total. The zero-order valence-corrected chi connectivity index (χ0v) is 8.47. The molecule has 3 nitrogen and oxygen atoms in total. The number of hydrogen-bond acceptors (Lipinski definition) is 3. The van der Waals surface area contributed by atoms with Crippen LogP contribution in [-0.2, 0) is 0 Å². The molecule has 0 saturated carbocycles. The van der Waals surface area contributed by atoms with E-state index < -0.39 is 0 Å². The van der Waals surface area contributed by atoms with E-state index in [0.717, 1.165) is 0 Å². The van der Waals surface area contributed by atoms with Gasteiger partial charge < -0.3 is 5.32 Å². The summed E-state index contributed by atoms with van der Waals surface area (Å²) in [6.45, 7) is 0. The van der Waals surface area contributed by atoms with Crippen LogP contribution in [0, 0.1) is 5.82 Å². The van der Waals surface area contributed by atoms with Crippen molar-refractivity contribution in [1.29, 1.82) is 0 Å². The molecule has 16 heavy (non-hydrogen) atoms. The van der Waals surface area contributed by atoms with E-state index in [1.54, 1.807) is 30.6 Å². The number of aliphatic imine (C=N–C) groups is 2. The van der Waals surface area contributed by atoms with E-state index in [2.05, 4.69) is 15.3 Å². The molecule has 80 valence electrons. The van der Waals surface area contributed by atoms with Gasteiger partial charge in [-0.2, -0.15) is 0 Å². The van der Waals surface area contributed by atoms with Crippen LogP contribution in [0.25, 0.3) is 0 Å². The summed E-state index contributed by atoms with van der Waals surface area (Å²) in [4.78, 5) is 8.46. The minimum absolute atomic E-state index is 0.0344. The van der Waals surface area contributed by atoms with Gasteiger partial charge in [0.15, 0.2) is 0 Å². The average Bonchev–Trinajstić information content (AvgIpc) is 2.73. The summed E-state index contributed by atoms with van der Waals surface area (Å²) in [5.41, 5.74) is 0.513. The summed E-state index contributed by atoms with van der Waals surface area (Å²) in [5, 5.41) is 3.16. The number of rotatable bonds is 1. The maximum Gasteiger partial charge on any atom is 0.134 e. The lowest BCUT2D eigenvalue weighted by molar-refractivity contribution is 0.624. The van der Waals surface area contributed by atoms with Crippen LogP contribution in [0.4, 0.5) is 4.39 Å². The number of nitrogens with zero attached hydrogens (tertiary/aromatic N) is 2. The van der Waals surface area contributed by atoms with Gasteiger partial charge in [-0.3, -0.25) is 9.98 Å². The van der Waals surface area contributed by atoms with Crippen molar-refractivity contribution in [3.05, 3.63) is 47.9 Å². The Kier molecular flexibility index (Phi) is 2.06. The van der Waals surface area contributed by atoms with Gasteiger partial charge in [0.2, 0.25) is 0 Å². The van der Waals surface area contributed by atoms with Gasteiger partial charge in [-0.15, -0.1) is 0 Å². The van der Waals surface area contributed by atoms with Crippen molar-refractivity contribution in [1.82, 2.24) is 5.32 Å². The second kappa shape index (κ2) is 3.56. The van der Waals surface area contributed by atoms with Crippen molar-refractivity contribution in [3.63, 3.8) is 0 Å². The van der Waals surface area contributed by atoms with Gasteiger partial charge >= 0.3 is 0 Å². The van der Waals surface area contributed by atoms with Gasteiger partial charge in [0, 0.05) is 12.4 Å². The number of hydrogen-bond donors (Lipinski definition) is 1. The number of fused-ring (bicyclic) bond motifs is 1. The molecule has 0 aromatic heterocycles. The first-order valence-corrected chi connectivity index (χ1v) is 5.14. The molecule has 0 aliphatic carbocycles. The smallest absolute Gasteiger partial charge is 0.134 e. The largest absolute Gasteiger partial charge is 0.360 e. The third kappa shape index (κ3) is 1.43. The second-order valence-electron chi connectivity index (χ2n) is 3.76. The molecule has 2 atom stereocenters. The zero-order valence-electron chi connectivity index (χ0n) is 8.47. The van der Waals surface area contributed by atoms with Crippen molar-refractivity contribution in [2.24, 2.45) is 9.98 Å². The minimum Gasteiger partial charge on any atom is -0.360 e. The lowest BCUT2D eigenvalue weighted by atomic mass is 10.1. The highest BCUT2D eigenvalue weighted by atomic mass is 19.1. The predicted octanol–water partition coefficient (Wildman–Crippen LogP) is 1.51. The molecule has 0 radical (unpaired) electrons. The molecular formula is C12H10FN3. The molecule has 2 aliphatic heterocycles. The molecule has 2 heterocycles. The van der Waals surface area contributed by atoms with Gasteiger partial charge in [0.25, 0.3) is 0 Å². The SMILES string of the molecule is Fc1ccccc1C1=N[C@H]2C=CN=C[C@H]2N1. The molecular weight excluding hydrogens is 205 g/mol. The lowest BCUT2D eigenvalue weighted by Gasteiger charge is -2.12. The number of benzene rings is 1. The summed E-state index contributed by atoms with van der Waals surface area (Å²) in [6, 6.07) is 6.72. The first-order chi connectivity index (χ1) is 7.84. The van der Waals surface area contributed by atoms with E-state index in [0.29, 0.717) is 11.4 Å². The van der Waals surface area contributed by atoms with Crippen molar-refractivity contribution < 1.29 is 4.39 Å². The zero-order chi connectivity index (χ0) is 11.0. The fourth-order valence-corrected chi connectivity index (χ4v) is 1.88. The summed E-state index contributed by atoms with van der Waals surface area (Å²) in [5.74, 6) is 0.347. The highest BCUT2D eigenvalue weighted by molar-refractivity contribution is 6.02. The van der Waals surface area contributed by atoms with Crippen molar-refractivity contribution >= 4 is 12.1 Å². The third-order valence-corrected chi connectivity index (χ3v) is 2.69. The first-order valence-electron chi connectivity index (χ1n) is 5.14. The van der Waals surface area contributed by atoms with Crippen molar-refractivity contribution in [3.8, 4) is 0 Å². The third-order valence-electron chi connectivity index (χ3n) is 2.69. The second-order valence-corrected chi connectivity index (χ2v) is 3.76. The van der Waals surface area contributed by atoms with Crippen LogP contribution in [0.5, 0.6) is 0 Å². The van der Waals surface area contributed by atoms with Crippen LogP contribution in [0.3, 0.4) is 0 Å². The molecule has 0 spiro atoms. The van der Waals surface area contributed by atoms with Crippen molar-refractivity contribution in [2.75, 3.05) is 0 Å². The molecule has 1 aromatic carbocycles. The van der Waals surface area contributed by atoms with E-state index >= 15 is 0 Å². The monoisotopic (exact) mass is 215 g/mol. The Labute approximate surface area is 92.4 Å². The fourth-order valence-electron chi connectivity index (χ4n) is 1.88. The lowest BCUT2D eigenvalue weighted by Crippen LogP contribution is -2.36. The molecule has 0 saturated heterocycles. The standard InChI is InChI=1S/C12H10FN3/c13-9-4-2-1-3-8(9)12-15-10-5-6-14-7-11(10)16-12/h1-7,10-11H,(H,15,16)/t10-,11+/m0/s1. The van der Waals surface area contributed by atoms with Gasteiger partial charge in [-0.1, -0.05) is 12.1 Å². The Morgan fingerprint density at radius 2 is 2.12 bits per heavy atom. The van der Waals surface area contributed by atoms with Gasteiger partial charge in [-0.25, -0.2) is 4.39 Å². The van der Waals surface area contributed by atoms with E-state index in [1.807, 2.05) is 6.08 Å². The molecule has 0 bridgehead atoms. The number of amidine groups is 1. The van der Waals surface area contributed by atoms with E-state index in [1.165, 1.54) is 6.07 Å². The minimum atomic E-state index is -0.256. The van der Waals surface area contributed by atoms with E-state index in [-0.39, 0.29) is 17.9 Å². The maximum atomic E-state index is 13.5. The van der Waals surface area contributed by atoms with Gasteiger partial charge in [0.1, 0.15) is 11.7 Å². The summed E-state index contributed by atoms with van der Waals surface area (Å²) < 4.78 is 13.5. The fraction of sp³-hybridized carbons (Fsp3) is 0.167. The first kappa shape index (κ1) is 9.27. The quantitative estimate of drug-likeness (QED) is 0.757. The van der Waals surface area contributed by atoms with E-state index in [9.17, 15) is 4.39 Å². The predicted molar refractivity (Wildman–Crippen MR) is 61.3 cm³/mol. The van der Waals surface area contributed by atoms with Gasteiger partial charge in [-0.05, 0) is 18.2 Å². The van der Waals surface area contributed by atoms with Crippen LogP contribution in [0.15, 0.2) is 46.5 Å². The van der Waals surface area contributed by atoms with E-state index in [4.69, 9.17) is 0 Å². The average molecular weight is 215 g/mol. The Hall–Kier alpha value is -1.97. The summed E-state index contributed by atoms with van der Waals surface area (Å²) in [6.07, 6.45) is 5.42. The topological polar surface area (TPSA) is 36.8 Å². The Morgan fingerprint density at radius 3 is 2.94 bits per heavy atom. The molecule has 0 unspecified atom stereocenters. The number of nitrogens with one attached hydrogen (secondary N) is 1. The molecule has 3 rings (SSSR count). The maximum absolute atomic E-state index is 13.5. The summed E-state index contributed by atoms with van der Waals surface area (Å²) in [7, 11) is 0. The Balaban J connectivity index is 1.96. The van der Waals surface area contributed by atoms with Crippen LogP contribution in [0.1, 0.15) is 5.56 Å². The number of halogens is 1. The highest BCUT2D eigenvalue weighted by Gasteiger charge is 2.28. The van der Waals surface area contributed by atoms with Crippen LogP contribution < -0.4 is 5.32 Å².